The van der Waals surface area contributed by atoms with Gasteiger partial charge in [-0.2, -0.15) is 11.8 Å². The highest BCUT2D eigenvalue weighted by Gasteiger charge is 2.22. The predicted molar refractivity (Wildman–Crippen MR) is 61.4 cm³/mol. The molecule has 2 atom stereocenters. The minimum atomic E-state index is 0.732. The van der Waals surface area contributed by atoms with Gasteiger partial charge in [-0.15, -0.1) is 0 Å². The quantitative estimate of drug-likeness (QED) is 0.710. The van der Waals surface area contributed by atoms with Gasteiger partial charge in [-0.3, -0.25) is 4.90 Å². The third kappa shape index (κ3) is 3.27. The lowest BCUT2D eigenvalue weighted by Crippen LogP contribution is -2.43. The van der Waals surface area contributed by atoms with Crippen LogP contribution in [0, 0.1) is 0 Å². The maximum atomic E-state index is 3.70. The molecule has 12 heavy (non-hydrogen) atoms. The van der Waals surface area contributed by atoms with Gasteiger partial charge < -0.3 is 0 Å². The van der Waals surface area contributed by atoms with Gasteiger partial charge in [0.2, 0.25) is 0 Å². The summed E-state index contributed by atoms with van der Waals surface area (Å²) in [5.41, 5.74) is 0. The average molecular weight is 252 g/mol. The Morgan fingerprint density at radius 1 is 1.50 bits per heavy atom. The Bertz CT molecular complexity index is 132. The van der Waals surface area contributed by atoms with Crippen LogP contribution in [0.2, 0.25) is 0 Å². The lowest BCUT2D eigenvalue weighted by molar-refractivity contribution is 0.177. The van der Waals surface area contributed by atoms with Crippen molar-refractivity contribution in [1.29, 1.82) is 0 Å². The Balaban J connectivity index is 2.28. The van der Waals surface area contributed by atoms with Crippen LogP contribution in [0.1, 0.15) is 19.8 Å². The van der Waals surface area contributed by atoms with Crippen LogP contribution in [-0.4, -0.2) is 40.9 Å². The number of thioether (sulfide) groups is 1. The maximum Gasteiger partial charge on any atom is 0.0273 e. The van der Waals surface area contributed by atoms with Gasteiger partial charge in [0.05, 0.1) is 0 Å². The van der Waals surface area contributed by atoms with Crippen LogP contribution >= 0.6 is 27.7 Å². The van der Waals surface area contributed by atoms with E-state index in [1.54, 1.807) is 0 Å². The number of hydrogen-bond donors (Lipinski definition) is 0. The summed E-state index contributed by atoms with van der Waals surface area (Å²) >= 11 is 5.64. The van der Waals surface area contributed by atoms with Crippen LogP contribution in [0.4, 0.5) is 0 Å². The van der Waals surface area contributed by atoms with Gasteiger partial charge in [0.15, 0.2) is 0 Å². The first-order valence-electron chi connectivity index (χ1n) is 4.61. The van der Waals surface area contributed by atoms with Crippen LogP contribution in [-0.2, 0) is 0 Å². The number of likely N-dealkylation sites (tertiary alicyclic amines) is 1. The van der Waals surface area contributed by atoms with Crippen molar-refractivity contribution in [2.45, 2.75) is 30.6 Å². The summed E-state index contributed by atoms with van der Waals surface area (Å²) in [5.74, 6) is 1.27. The Morgan fingerprint density at radius 3 is 2.92 bits per heavy atom. The summed E-state index contributed by atoms with van der Waals surface area (Å²) in [5, 5.41) is 0. The summed E-state index contributed by atoms with van der Waals surface area (Å²) in [6.45, 7) is 4.84. The normalized spacial score (nSPS) is 32.2. The topological polar surface area (TPSA) is 3.24 Å². The van der Waals surface area contributed by atoms with Crippen molar-refractivity contribution in [1.82, 2.24) is 4.90 Å². The Hall–Kier alpha value is 0.790. The van der Waals surface area contributed by atoms with Crippen LogP contribution in [0.15, 0.2) is 0 Å². The molecule has 0 bridgehead atoms. The van der Waals surface area contributed by atoms with Gasteiger partial charge in [0, 0.05) is 29.7 Å². The predicted octanol–water partition coefficient (Wildman–Crippen LogP) is 2.60. The molecule has 3 heteroatoms. The van der Waals surface area contributed by atoms with E-state index in [4.69, 9.17) is 0 Å². The maximum absolute atomic E-state index is 3.70. The van der Waals surface area contributed by atoms with E-state index in [1.807, 2.05) is 11.8 Å². The molecule has 0 aromatic rings. The zero-order valence-corrected chi connectivity index (χ0v) is 10.3. The van der Waals surface area contributed by atoms with E-state index in [2.05, 4.69) is 34.0 Å². The number of nitrogens with zero attached hydrogens (tertiary/aromatic N) is 1. The Kier molecular flexibility index (Phi) is 4.99. The molecule has 0 radical (unpaired) electrons. The zero-order chi connectivity index (χ0) is 8.97. The van der Waals surface area contributed by atoms with Gasteiger partial charge >= 0.3 is 0 Å². The van der Waals surface area contributed by atoms with Gasteiger partial charge in [0.25, 0.3) is 0 Å². The molecule has 1 saturated heterocycles. The van der Waals surface area contributed by atoms with Crippen LogP contribution in [0.3, 0.4) is 0 Å². The third-order valence-electron chi connectivity index (χ3n) is 2.54. The van der Waals surface area contributed by atoms with Crippen LogP contribution < -0.4 is 0 Å². The van der Waals surface area contributed by atoms with E-state index in [0.29, 0.717) is 0 Å². The lowest BCUT2D eigenvalue weighted by atomic mass is 10.0. The molecule has 1 aliphatic rings. The van der Waals surface area contributed by atoms with Gasteiger partial charge in [-0.1, -0.05) is 15.9 Å². The number of alkyl halides is 1. The van der Waals surface area contributed by atoms with Crippen molar-refractivity contribution in [2.24, 2.45) is 0 Å². The first-order chi connectivity index (χ1) is 5.74. The summed E-state index contributed by atoms with van der Waals surface area (Å²) in [7, 11) is 0. The summed E-state index contributed by atoms with van der Waals surface area (Å²) in [4.78, 5) is 3.33. The number of piperidine rings is 1. The number of halogens is 1. The highest BCUT2D eigenvalue weighted by Crippen LogP contribution is 2.21. The molecule has 1 fully saturated rings. The molecule has 1 nitrogen and oxygen atoms in total. The second kappa shape index (κ2) is 5.51. The summed E-state index contributed by atoms with van der Waals surface area (Å²) in [6, 6.07) is 0.797. The van der Waals surface area contributed by atoms with Crippen molar-refractivity contribution in [3.8, 4) is 0 Å². The fraction of sp³-hybridized carbons (Fsp3) is 1.00. The Morgan fingerprint density at radius 2 is 2.25 bits per heavy atom. The van der Waals surface area contributed by atoms with E-state index in [1.165, 1.54) is 31.7 Å². The molecule has 0 aliphatic carbocycles. The third-order valence-corrected chi connectivity index (χ3v) is 3.87. The molecular formula is C9H18BrNS. The van der Waals surface area contributed by atoms with Crippen molar-refractivity contribution in [3.63, 3.8) is 0 Å². The van der Waals surface area contributed by atoms with Gasteiger partial charge in [-0.05, 0) is 26.0 Å². The standard InChI is InChI=1S/C9H18BrNS/c1-8-3-4-9(10)7-11(8)5-6-12-2/h8-9H,3-7H2,1-2H3. The SMILES string of the molecule is CSCCN1CC(Br)CCC1C. The molecular weight excluding hydrogens is 234 g/mol. The minimum absolute atomic E-state index is 0.732. The minimum Gasteiger partial charge on any atom is -0.299 e. The fourth-order valence-electron chi connectivity index (χ4n) is 1.65. The molecule has 0 aromatic heterocycles. The zero-order valence-electron chi connectivity index (χ0n) is 7.92. The fourth-order valence-corrected chi connectivity index (χ4v) is 2.70. The monoisotopic (exact) mass is 251 g/mol. The second-order valence-corrected chi connectivity index (χ2v) is 5.79. The van der Waals surface area contributed by atoms with E-state index in [-0.39, 0.29) is 0 Å². The first kappa shape index (κ1) is 10.9. The highest BCUT2D eigenvalue weighted by atomic mass is 79.9. The van der Waals surface area contributed by atoms with Crippen molar-refractivity contribution in [2.75, 3.05) is 25.1 Å². The number of rotatable bonds is 3. The van der Waals surface area contributed by atoms with Crippen molar-refractivity contribution < 1.29 is 0 Å². The molecule has 1 heterocycles. The van der Waals surface area contributed by atoms with Crippen molar-refractivity contribution in [3.05, 3.63) is 0 Å². The van der Waals surface area contributed by atoms with E-state index < -0.39 is 0 Å². The molecule has 1 aliphatic heterocycles. The molecule has 0 N–H and O–H groups in total. The van der Waals surface area contributed by atoms with Gasteiger partial charge in [0.1, 0.15) is 0 Å². The molecule has 0 saturated carbocycles. The van der Waals surface area contributed by atoms with E-state index in [9.17, 15) is 0 Å². The molecule has 0 aromatic carbocycles. The largest absolute Gasteiger partial charge is 0.299 e. The molecule has 72 valence electrons. The van der Waals surface area contributed by atoms with Crippen LogP contribution in [0.5, 0.6) is 0 Å². The van der Waals surface area contributed by atoms with E-state index >= 15 is 0 Å². The second-order valence-electron chi connectivity index (χ2n) is 3.51. The van der Waals surface area contributed by atoms with Gasteiger partial charge in [-0.25, -0.2) is 0 Å². The first-order valence-corrected chi connectivity index (χ1v) is 6.92. The number of hydrogen-bond acceptors (Lipinski definition) is 2. The summed E-state index contributed by atoms with van der Waals surface area (Å²) in [6.07, 6.45) is 4.88. The average Bonchev–Trinajstić information content (AvgIpc) is 2.07. The highest BCUT2D eigenvalue weighted by molar-refractivity contribution is 9.09. The Labute approximate surface area is 88.4 Å². The molecule has 0 amide bonds. The smallest absolute Gasteiger partial charge is 0.0273 e. The lowest BCUT2D eigenvalue weighted by Gasteiger charge is -2.35. The van der Waals surface area contributed by atoms with Crippen molar-refractivity contribution >= 4 is 27.7 Å². The summed E-state index contributed by atoms with van der Waals surface area (Å²) < 4.78 is 0. The molecule has 1 rings (SSSR count). The van der Waals surface area contributed by atoms with Crippen LogP contribution in [0.25, 0.3) is 0 Å². The molecule has 2 unspecified atom stereocenters. The van der Waals surface area contributed by atoms with E-state index in [0.717, 1.165) is 10.9 Å². The molecule has 0 spiro atoms.